The number of methoxy groups -OCH3 is 1. The third-order valence-corrected chi connectivity index (χ3v) is 12.4. The van der Waals surface area contributed by atoms with E-state index in [1.807, 2.05) is 56.3 Å². The van der Waals surface area contributed by atoms with Gasteiger partial charge in [0.05, 0.1) is 40.3 Å². The molecule has 0 aromatic heterocycles. The van der Waals surface area contributed by atoms with Crippen molar-refractivity contribution in [2.24, 2.45) is 0 Å². The summed E-state index contributed by atoms with van der Waals surface area (Å²) < 4.78 is 55.0. The highest BCUT2D eigenvalue weighted by atomic mass is 32.2. The summed E-state index contributed by atoms with van der Waals surface area (Å²) in [5.41, 5.74) is 5.45. The number of ketones is 1. The molecule has 8 rings (SSSR count). The van der Waals surface area contributed by atoms with Crippen LogP contribution < -0.4 is 9.04 Å². The van der Waals surface area contributed by atoms with Gasteiger partial charge in [0.25, 0.3) is 10.0 Å². The molecule has 3 atom stereocenters. The van der Waals surface area contributed by atoms with E-state index >= 15 is 13.2 Å². The van der Waals surface area contributed by atoms with Crippen LogP contribution >= 0.6 is 0 Å². The van der Waals surface area contributed by atoms with Gasteiger partial charge < -0.3 is 18.9 Å². The summed E-state index contributed by atoms with van der Waals surface area (Å²) in [7, 11) is -2.74. The Morgan fingerprint density at radius 3 is 1.98 bits per heavy atom. The van der Waals surface area contributed by atoms with Crippen molar-refractivity contribution in [2.45, 2.75) is 42.7 Å². The number of hydrogen-bond acceptors (Lipinski definition) is 8. The average molecular weight is 743 g/mol. The second-order valence-electron chi connectivity index (χ2n) is 13.5. The minimum absolute atomic E-state index is 0.0338. The molecule has 1 unspecified atom stereocenters. The van der Waals surface area contributed by atoms with Crippen LogP contribution in [0.3, 0.4) is 0 Å². The van der Waals surface area contributed by atoms with Gasteiger partial charge in [0, 0.05) is 31.5 Å². The van der Waals surface area contributed by atoms with Gasteiger partial charge in [-0.15, -0.1) is 0 Å². The van der Waals surface area contributed by atoms with Crippen molar-refractivity contribution >= 4 is 27.1 Å². The number of benzene rings is 5. The van der Waals surface area contributed by atoms with Crippen molar-refractivity contribution in [3.05, 3.63) is 156 Å². The minimum atomic E-state index is -4.23. The monoisotopic (exact) mass is 742 g/mol. The van der Waals surface area contributed by atoms with Crippen LogP contribution in [0.5, 0.6) is 5.75 Å². The molecule has 0 saturated carbocycles. The summed E-state index contributed by atoms with van der Waals surface area (Å²) in [5, 5.41) is 0. The number of rotatable bonds is 12. The molecule has 1 saturated heterocycles. The Bertz CT molecular complexity index is 2280. The maximum absolute atomic E-state index is 15.1. The molecule has 5 aromatic carbocycles. The average Bonchev–Trinajstić information content (AvgIpc) is 3.84. The van der Waals surface area contributed by atoms with Crippen LogP contribution in [-0.4, -0.2) is 64.8 Å². The molecule has 10 heteroatoms. The standard InChI is InChI=1S/C44H42N2O7S/c1-5-51-43(52-6-2)30-25-37-40(39(26-30)53-28-50-4)29(3)42(47)41-38(27-45(37)54(48,49)32-19-11-8-12-20-32)46(41)44(31-17-9-7-10-18-31)35-23-15-13-21-33(35)34-22-14-16-24-36(34)44/h7-26,38,41,43H,3,5-6,27-28H2,1-2,4H3/t38-,41-,46?/m0/s1. The lowest BCUT2D eigenvalue weighted by Gasteiger charge is -2.36. The van der Waals surface area contributed by atoms with Crippen LogP contribution in [0, 0.1) is 0 Å². The molecule has 3 aliphatic rings. The highest BCUT2D eigenvalue weighted by Crippen LogP contribution is 2.61. The molecule has 1 fully saturated rings. The fourth-order valence-electron chi connectivity index (χ4n) is 8.41. The van der Waals surface area contributed by atoms with Gasteiger partial charge in [-0.05, 0) is 65.9 Å². The zero-order valence-electron chi connectivity index (χ0n) is 30.5. The van der Waals surface area contributed by atoms with Crippen LogP contribution in [0.4, 0.5) is 5.69 Å². The van der Waals surface area contributed by atoms with Gasteiger partial charge in [-0.3, -0.25) is 14.0 Å². The number of Topliss-reactive ketones (excluding diaryl/α,β-unsaturated/α-hetero) is 1. The Labute approximate surface area is 316 Å². The van der Waals surface area contributed by atoms with E-state index in [-0.39, 0.29) is 46.6 Å². The second kappa shape index (κ2) is 14.3. The number of sulfonamides is 1. The molecule has 0 radical (unpaired) electrons. The van der Waals surface area contributed by atoms with Gasteiger partial charge >= 0.3 is 0 Å². The molecule has 5 aromatic rings. The van der Waals surface area contributed by atoms with Crippen LogP contribution in [0.1, 0.15) is 48.0 Å². The molecule has 2 aliphatic heterocycles. The van der Waals surface area contributed by atoms with Crippen molar-refractivity contribution < 1.29 is 32.2 Å². The smallest absolute Gasteiger partial charge is 0.264 e. The van der Waals surface area contributed by atoms with E-state index in [0.29, 0.717) is 18.8 Å². The van der Waals surface area contributed by atoms with Gasteiger partial charge in [-0.1, -0.05) is 104 Å². The number of carbonyl (C=O) groups excluding carboxylic acids is 1. The van der Waals surface area contributed by atoms with E-state index in [4.69, 9.17) is 18.9 Å². The Morgan fingerprint density at radius 2 is 1.39 bits per heavy atom. The summed E-state index contributed by atoms with van der Waals surface area (Å²) in [6, 6.07) is 37.2. The molecule has 0 amide bonds. The normalized spacial score (nSPS) is 19.7. The topological polar surface area (TPSA) is 94.4 Å². The summed E-state index contributed by atoms with van der Waals surface area (Å²) in [6.07, 6.45) is -0.830. The number of fused-ring (bicyclic) bond motifs is 5. The van der Waals surface area contributed by atoms with Crippen LogP contribution in [0.25, 0.3) is 16.7 Å². The Balaban J connectivity index is 1.39. The van der Waals surface area contributed by atoms with E-state index in [2.05, 4.69) is 47.9 Å². The van der Waals surface area contributed by atoms with Crippen LogP contribution in [0.15, 0.2) is 133 Å². The lowest BCUT2D eigenvalue weighted by atomic mass is 9.80. The zero-order chi connectivity index (χ0) is 37.6. The zero-order valence-corrected chi connectivity index (χ0v) is 31.3. The molecule has 0 bridgehead atoms. The Morgan fingerprint density at radius 1 is 0.815 bits per heavy atom. The molecule has 0 N–H and O–H groups in total. The summed E-state index contributed by atoms with van der Waals surface area (Å²) in [5.74, 6) is 0.0247. The number of carbonyl (C=O) groups is 1. The minimum Gasteiger partial charge on any atom is -0.467 e. The van der Waals surface area contributed by atoms with Crippen molar-refractivity contribution in [1.29, 1.82) is 0 Å². The third kappa shape index (κ3) is 5.59. The molecular formula is C44H42N2O7S. The van der Waals surface area contributed by atoms with Gasteiger partial charge in [0.1, 0.15) is 5.75 Å². The van der Waals surface area contributed by atoms with Crippen LogP contribution in [-0.2, 0) is 34.6 Å². The quantitative estimate of drug-likeness (QED) is 0.0735. The highest BCUT2D eigenvalue weighted by molar-refractivity contribution is 7.92. The first kappa shape index (κ1) is 35.9. The van der Waals surface area contributed by atoms with E-state index in [9.17, 15) is 0 Å². The predicted octanol–water partition coefficient (Wildman–Crippen LogP) is 7.56. The molecular weight excluding hydrogens is 701 g/mol. The number of ether oxygens (including phenoxy) is 4. The molecule has 9 nitrogen and oxygen atoms in total. The SMILES string of the molecule is C=C1C(=O)[C@@H]2[C@H](CN(S(=O)(=O)c3ccccc3)c3cc(C(OCC)OCC)cc(OCOC)c31)N2C1(c2ccccc2)c2ccccc2-c2ccccc21. The van der Waals surface area contributed by atoms with E-state index in [1.165, 1.54) is 11.4 Å². The van der Waals surface area contributed by atoms with Gasteiger partial charge in [0.15, 0.2) is 18.9 Å². The van der Waals surface area contributed by atoms with Gasteiger partial charge in [0.2, 0.25) is 0 Å². The van der Waals surface area contributed by atoms with E-state index in [1.54, 1.807) is 42.5 Å². The predicted molar refractivity (Wildman–Crippen MR) is 208 cm³/mol. The van der Waals surface area contributed by atoms with Crippen molar-refractivity contribution in [3.8, 4) is 16.9 Å². The Kier molecular flexibility index (Phi) is 9.49. The number of hydrogen-bond donors (Lipinski definition) is 0. The highest BCUT2D eigenvalue weighted by Gasteiger charge is 2.67. The van der Waals surface area contributed by atoms with Crippen molar-refractivity contribution in [1.82, 2.24) is 4.90 Å². The van der Waals surface area contributed by atoms with E-state index < -0.39 is 33.9 Å². The van der Waals surface area contributed by atoms with Crippen molar-refractivity contribution in [3.63, 3.8) is 0 Å². The van der Waals surface area contributed by atoms with Gasteiger partial charge in [-0.25, -0.2) is 8.42 Å². The lowest BCUT2D eigenvalue weighted by Crippen LogP contribution is -2.41. The largest absolute Gasteiger partial charge is 0.467 e. The lowest BCUT2D eigenvalue weighted by molar-refractivity contribution is -0.140. The third-order valence-electron chi connectivity index (χ3n) is 10.6. The summed E-state index contributed by atoms with van der Waals surface area (Å²) in [6.45, 7) is 8.60. The number of anilines is 1. The maximum Gasteiger partial charge on any atom is 0.264 e. The second-order valence-corrected chi connectivity index (χ2v) is 15.3. The number of nitrogens with zero attached hydrogens (tertiary/aromatic N) is 2. The molecule has 2 heterocycles. The maximum atomic E-state index is 15.1. The van der Waals surface area contributed by atoms with Gasteiger partial charge in [-0.2, -0.15) is 0 Å². The Hall–Kier alpha value is -5.10. The molecule has 54 heavy (non-hydrogen) atoms. The molecule has 1 aliphatic carbocycles. The van der Waals surface area contributed by atoms with E-state index in [0.717, 1.165) is 27.8 Å². The first-order valence-electron chi connectivity index (χ1n) is 18.2. The summed E-state index contributed by atoms with van der Waals surface area (Å²) >= 11 is 0. The molecule has 276 valence electrons. The van der Waals surface area contributed by atoms with Crippen LogP contribution in [0.2, 0.25) is 0 Å². The summed E-state index contributed by atoms with van der Waals surface area (Å²) in [4.78, 5) is 17.4. The first-order valence-corrected chi connectivity index (χ1v) is 19.6. The fourth-order valence-corrected chi connectivity index (χ4v) is 9.92. The van der Waals surface area contributed by atoms with Crippen molar-refractivity contribution in [2.75, 3.05) is 38.0 Å². The fraction of sp³-hybridized carbons (Fsp3) is 0.250. The first-order chi connectivity index (χ1) is 26.3. The molecule has 0 spiro atoms.